The number of nitrogens with zero attached hydrogens (tertiary/aromatic N) is 1. The average molecular weight is 336 g/mol. The summed E-state index contributed by atoms with van der Waals surface area (Å²) in [5, 5.41) is 9.21. The van der Waals surface area contributed by atoms with Crippen molar-refractivity contribution in [2.24, 2.45) is 0 Å². The molecule has 0 saturated heterocycles. The number of aromatic amines is 1. The van der Waals surface area contributed by atoms with Crippen LogP contribution >= 0.6 is 0 Å². The molecule has 0 aliphatic carbocycles. The van der Waals surface area contributed by atoms with Gasteiger partial charge in [0.25, 0.3) is 5.91 Å². The molecule has 0 radical (unpaired) electrons. The van der Waals surface area contributed by atoms with Gasteiger partial charge in [0, 0.05) is 18.7 Å². The fraction of sp³-hybridized carbons (Fsp3) is 0.333. The molecule has 7 nitrogen and oxygen atoms in total. The number of sulfonamides is 1. The highest BCUT2D eigenvalue weighted by Crippen LogP contribution is 2.15. The first-order chi connectivity index (χ1) is 10.8. The molecule has 0 spiro atoms. The van der Waals surface area contributed by atoms with Crippen LogP contribution in [-0.2, 0) is 10.0 Å². The van der Waals surface area contributed by atoms with E-state index >= 15 is 0 Å². The fourth-order valence-electron chi connectivity index (χ4n) is 2.29. The number of aromatic nitrogens is 2. The van der Waals surface area contributed by atoms with Crippen LogP contribution in [0.3, 0.4) is 0 Å². The van der Waals surface area contributed by atoms with Gasteiger partial charge in [0.05, 0.1) is 11.4 Å². The van der Waals surface area contributed by atoms with Gasteiger partial charge in [0.1, 0.15) is 4.90 Å². The van der Waals surface area contributed by atoms with Crippen LogP contribution in [0.15, 0.2) is 29.2 Å². The van der Waals surface area contributed by atoms with Crippen molar-refractivity contribution in [1.82, 2.24) is 20.2 Å². The van der Waals surface area contributed by atoms with E-state index in [1.165, 1.54) is 0 Å². The second kappa shape index (κ2) is 6.93. The van der Waals surface area contributed by atoms with Crippen LogP contribution in [0.25, 0.3) is 0 Å². The van der Waals surface area contributed by atoms with E-state index in [1.807, 2.05) is 19.1 Å². The maximum absolute atomic E-state index is 12.2. The van der Waals surface area contributed by atoms with Gasteiger partial charge in [-0.15, -0.1) is 0 Å². The highest BCUT2D eigenvalue weighted by Gasteiger charge is 2.21. The Labute approximate surface area is 135 Å². The van der Waals surface area contributed by atoms with E-state index < -0.39 is 10.0 Å². The smallest absolute Gasteiger partial charge is 0.251 e. The summed E-state index contributed by atoms with van der Waals surface area (Å²) in [5.41, 5.74) is 2.35. The summed E-state index contributed by atoms with van der Waals surface area (Å²) in [6.45, 7) is 5.42. The summed E-state index contributed by atoms with van der Waals surface area (Å²) >= 11 is 0. The largest absolute Gasteiger partial charge is 0.351 e. The third-order valence-corrected chi connectivity index (χ3v) is 5.14. The van der Waals surface area contributed by atoms with E-state index in [-0.39, 0.29) is 23.9 Å². The zero-order chi connectivity index (χ0) is 17.0. The number of hydrogen-bond acceptors (Lipinski definition) is 4. The summed E-state index contributed by atoms with van der Waals surface area (Å²) in [5.74, 6) is -0.224. The van der Waals surface area contributed by atoms with Crippen molar-refractivity contribution in [1.29, 1.82) is 0 Å². The van der Waals surface area contributed by atoms with Crippen LogP contribution in [0.2, 0.25) is 0 Å². The van der Waals surface area contributed by atoms with Crippen molar-refractivity contribution < 1.29 is 13.2 Å². The predicted molar refractivity (Wildman–Crippen MR) is 86.8 cm³/mol. The molecule has 2 aromatic rings. The first-order valence-corrected chi connectivity index (χ1v) is 8.66. The van der Waals surface area contributed by atoms with E-state index in [2.05, 4.69) is 20.2 Å². The quantitative estimate of drug-likeness (QED) is 0.686. The Kier molecular flexibility index (Phi) is 5.17. The highest BCUT2D eigenvalue weighted by atomic mass is 32.2. The monoisotopic (exact) mass is 336 g/mol. The van der Waals surface area contributed by atoms with Crippen LogP contribution in [0.4, 0.5) is 0 Å². The first kappa shape index (κ1) is 17.2. The van der Waals surface area contributed by atoms with Crippen molar-refractivity contribution in [3.05, 3.63) is 46.8 Å². The van der Waals surface area contributed by atoms with Gasteiger partial charge in [-0.2, -0.15) is 5.10 Å². The number of carbonyl (C=O) groups is 1. The number of hydrogen-bond donors (Lipinski definition) is 3. The summed E-state index contributed by atoms with van der Waals surface area (Å²) < 4.78 is 26.9. The first-order valence-electron chi connectivity index (χ1n) is 7.18. The third kappa shape index (κ3) is 3.96. The number of rotatable bonds is 6. The molecule has 1 amide bonds. The van der Waals surface area contributed by atoms with Gasteiger partial charge in [0.15, 0.2) is 0 Å². The second-order valence-electron chi connectivity index (χ2n) is 5.23. The molecular weight excluding hydrogens is 316 g/mol. The zero-order valence-corrected chi connectivity index (χ0v) is 14.1. The Bertz CT molecular complexity index is 792. The van der Waals surface area contributed by atoms with Crippen molar-refractivity contribution in [3.63, 3.8) is 0 Å². The maximum Gasteiger partial charge on any atom is 0.251 e. The van der Waals surface area contributed by atoms with Crippen LogP contribution in [-0.4, -0.2) is 37.6 Å². The van der Waals surface area contributed by atoms with Gasteiger partial charge in [-0.1, -0.05) is 18.2 Å². The van der Waals surface area contributed by atoms with Gasteiger partial charge in [0.2, 0.25) is 10.0 Å². The van der Waals surface area contributed by atoms with E-state index in [4.69, 9.17) is 0 Å². The van der Waals surface area contributed by atoms with Gasteiger partial charge in [-0.25, -0.2) is 13.1 Å². The van der Waals surface area contributed by atoms with E-state index in [1.54, 1.807) is 26.0 Å². The van der Waals surface area contributed by atoms with Gasteiger partial charge >= 0.3 is 0 Å². The number of H-pyrrole nitrogens is 1. The van der Waals surface area contributed by atoms with Crippen molar-refractivity contribution in [2.45, 2.75) is 25.7 Å². The third-order valence-electron chi connectivity index (χ3n) is 3.42. The summed E-state index contributed by atoms with van der Waals surface area (Å²) in [6.07, 6.45) is 0. The van der Waals surface area contributed by atoms with E-state index in [0.717, 1.165) is 5.56 Å². The lowest BCUT2D eigenvalue weighted by molar-refractivity contribution is 0.0953. The van der Waals surface area contributed by atoms with Crippen LogP contribution < -0.4 is 10.0 Å². The Morgan fingerprint density at radius 1 is 1.17 bits per heavy atom. The number of aryl methyl sites for hydroxylation is 3. The van der Waals surface area contributed by atoms with Gasteiger partial charge in [-0.3, -0.25) is 9.89 Å². The summed E-state index contributed by atoms with van der Waals surface area (Å²) in [7, 11) is -3.64. The maximum atomic E-state index is 12.2. The molecule has 0 fully saturated rings. The molecule has 3 N–H and O–H groups in total. The summed E-state index contributed by atoms with van der Waals surface area (Å²) in [4.78, 5) is 12.2. The molecule has 2 rings (SSSR count). The van der Waals surface area contributed by atoms with Crippen molar-refractivity contribution >= 4 is 15.9 Å². The number of benzene rings is 1. The number of nitrogens with one attached hydrogen (secondary N) is 3. The minimum Gasteiger partial charge on any atom is -0.351 e. The molecule has 1 aromatic heterocycles. The Morgan fingerprint density at radius 3 is 2.48 bits per heavy atom. The van der Waals surface area contributed by atoms with Crippen molar-refractivity contribution in [3.8, 4) is 0 Å². The number of carbonyl (C=O) groups excluding carboxylic acids is 1. The number of amides is 1. The Balaban J connectivity index is 1.91. The summed E-state index contributed by atoms with van der Waals surface area (Å²) in [6, 6.07) is 7.22. The van der Waals surface area contributed by atoms with E-state index in [0.29, 0.717) is 17.0 Å². The molecule has 0 aliphatic rings. The Morgan fingerprint density at radius 2 is 1.87 bits per heavy atom. The minimum absolute atomic E-state index is 0.101. The molecular formula is C15H20N4O3S. The minimum atomic E-state index is -3.64. The molecule has 0 unspecified atom stereocenters. The molecule has 23 heavy (non-hydrogen) atoms. The van der Waals surface area contributed by atoms with Gasteiger partial charge < -0.3 is 5.32 Å². The molecule has 8 heteroatoms. The lowest BCUT2D eigenvalue weighted by Crippen LogP contribution is -2.35. The molecule has 0 saturated carbocycles. The van der Waals surface area contributed by atoms with E-state index in [9.17, 15) is 13.2 Å². The average Bonchev–Trinajstić information content (AvgIpc) is 2.83. The van der Waals surface area contributed by atoms with Crippen LogP contribution in [0, 0.1) is 20.8 Å². The molecule has 1 heterocycles. The molecule has 124 valence electrons. The SMILES string of the molecule is Cc1ccccc1C(=O)NCCNS(=O)(=O)c1c(C)n[nH]c1C. The Hall–Kier alpha value is -2.19. The fourth-order valence-corrected chi connectivity index (χ4v) is 3.69. The molecule has 0 bridgehead atoms. The second-order valence-corrected chi connectivity index (χ2v) is 6.94. The molecule has 0 atom stereocenters. The standard InChI is InChI=1S/C15H20N4O3S/c1-10-6-4-5-7-13(10)15(20)16-8-9-17-23(21,22)14-11(2)18-19-12(14)3/h4-7,17H,8-9H2,1-3H3,(H,16,20)(H,18,19). The lowest BCUT2D eigenvalue weighted by Gasteiger charge is -2.09. The molecule has 0 aliphatic heterocycles. The normalized spacial score (nSPS) is 11.4. The van der Waals surface area contributed by atoms with Gasteiger partial charge in [-0.05, 0) is 32.4 Å². The van der Waals surface area contributed by atoms with Crippen LogP contribution in [0.1, 0.15) is 27.3 Å². The topological polar surface area (TPSA) is 104 Å². The lowest BCUT2D eigenvalue weighted by atomic mass is 10.1. The van der Waals surface area contributed by atoms with Crippen molar-refractivity contribution in [2.75, 3.05) is 13.1 Å². The highest BCUT2D eigenvalue weighted by molar-refractivity contribution is 7.89. The predicted octanol–water partition coefficient (Wildman–Crippen LogP) is 1.04. The zero-order valence-electron chi connectivity index (χ0n) is 13.3. The molecule has 1 aromatic carbocycles. The van der Waals surface area contributed by atoms with Crippen LogP contribution in [0.5, 0.6) is 0 Å².